The molecule has 3 rings (SSSR count). The summed E-state index contributed by atoms with van der Waals surface area (Å²) in [6.45, 7) is 1.93. The molecule has 1 heterocycles. The molecule has 0 bridgehead atoms. The van der Waals surface area contributed by atoms with Gasteiger partial charge in [0.1, 0.15) is 10.7 Å². The van der Waals surface area contributed by atoms with Gasteiger partial charge < -0.3 is 15.2 Å². The second-order valence-corrected chi connectivity index (χ2v) is 5.98. The molecule has 1 N–H and O–H groups in total. The number of amides is 2. The van der Waals surface area contributed by atoms with Crippen molar-refractivity contribution >= 4 is 40.8 Å². The van der Waals surface area contributed by atoms with Gasteiger partial charge in [0, 0.05) is 5.69 Å². The highest BCUT2D eigenvalue weighted by Gasteiger charge is 2.39. The lowest BCUT2D eigenvalue weighted by Gasteiger charge is -2.18. The van der Waals surface area contributed by atoms with Gasteiger partial charge in [-0.15, -0.1) is 0 Å². The first kappa shape index (κ1) is 17.7. The van der Waals surface area contributed by atoms with Crippen molar-refractivity contribution < 1.29 is 19.5 Å². The van der Waals surface area contributed by atoms with Crippen molar-refractivity contribution in [2.45, 2.75) is 13.3 Å². The minimum absolute atomic E-state index is 0.00273. The van der Waals surface area contributed by atoms with E-state index in [9.17, 15) is 19.5 Å². The van der Waals surface area contributed by atoms with Crippen molar-refractivity contribution in [2.75, 3.05) is 10.2 Å². The number of benzene rings is 2. The number of hydrogen-bond donors (Lipinski definition) is 1. The Balaban J connectivity index is 1.90. The van der Waals surface area contributed by atoms with Crippen molar-refractivity contribution in [3.05, 3.63) is 70.4 Å². The number of aromatic carboxylic acids is 1. The third kappa shape index (κ3) is 3.07. The van der Waals surface area contributed by atoms with Crippen LogP contribution in [0.2, 0.25) is 0 Å². The molecule has 132 valence electrons. The number of carbonyl (C=O) groups excluding carboxylic acids is 3. The number of carboxylic acid groups (broad SMARTS) is 1. The number of para-hydroxylation sites is 1. The molecule has 7 heteroatoms. The highest BCUT2D eigenvalue weighted by molar-refractivity contribution is 6.53. The molecule has 2 aromatic rings. The topological polar surface area (TPSA) is 89.5 Å². The highest BCUT2D eigenvalue weighted by Crippen LogP contribution is 2.32. The second-order valence-electron chi connectivity index (χ2n) is 5.61. The maximum absolute atomic E-state index is 12.8. The van der Waals surface area contributed by atoms with Crippen LogP contribution in [0, 0.1) is 0 Å². The van der Waals surface area contributed by atoms with E-state index in [1.165, 1.54) is 24.3 Å². The van der Waals surface area contributed by atoms with Gasteiger partial charge in [-0.05, 0) is 35.7 Å². The summed E-state index contributed by atoms with van der Waals surface area (Å²) in [5, 5.41) is 13.4. The molecule has 2 amide bonds. The van der Waals surface area contributed by atoms with E-state index in [-0.39, 0.29) is 16.3 Å². The largest absolute Gasteiger partial charge is 0.545 e. The summed E-state index contributed by atoms with van der Waals surface area (Å²) < 4.78 is 0. The summed E-state index contributed by atoms with van der Waals surface area (Å²) >= 11 is 6.10. The molecule has 0 unspecified atom stereocenters. The maximum atomic E-state index is 12.8. The van der Waals surface area contributed by atoms with Crippen molar-refractivity contribution in [3.63, 3.8) is 0 Å². The summed E-state index contributed by atoms with van der Waals surface area (Å²) in [5.74, 6) is -2.47. The van der Waals surface area contributed by atoms with Crippen molar-refractivity contribution in [2.24, 2.45) is 0 Å². The zero-order valence-electron chi connectivity index (χ0n) is 13.8. The van der Waals surface area contributed by atoms with Gasteiger partial charge in [0.2, 0.25) is 0 Å². The smallest absolute Gasteiger partial charge is 0.283 e. The van der Waals surface area contributed by atoms with Crippen LogP contribution in [-0.4, -0.2) is 17.8 Å². The lowest BCUT2D eigenvalue weighted by Crippen LogP contribution is -2.33. The molecular formula is C19H14ClN2O4-. The average molecular weight is 370 g/mol. The molecule has 0 fully saturated rings. The molecular weight excluding hydrogens is 356 g/mol. The Morgan fingerprint density at radius 2 is 1.73 bits per heavy atom. The third-order valence-electron chi connectivity index (χ3n) is 4.03. The molecule has 0 radical (unpaired) electrons. The molecule has 0 saturated heterocycles. The first-order valence-electron chi connectivity index (χ1n) is 7.89. The molecule has 0 atom stereocenters. The standard InChI is InChI=1S/C19H15ClN2O4/c1-2-11-5-3-4-6-14(11)22-17(23)15(20)16(18(22)24)21-13-9-7-12(8-10-13)19(25)26/h3-10,21H,2H2,1H3,(H,25,26)/p-1. The third-order valence-corrected chi connectivity index (χ3v) is 4.38. The Labute approximate surface area is 154 Å². The molecule has 0 aliphatic carbocycles. The van der Waals surface area contributed by atoms with E-state index in [1.807, 2.05) is 19.1 Å². The van der Waals surface area contributed by atoms with Gasteiger partial charge in [-0.1, -0.05) is 48.9 Å². The normalized spacial score (nSPS) is 14.2. The Morgan fingerprint density at radius 3 is 2.35 bits per heavy atom. The Kier molecular flexibility index (Phi) is 4.77. The van der Waals surface area contributed by atoms with Gasteiger partial charge in [0.15, 0.2) is 0 Å². The van der Waals surface area contributed by atoms with Crippen LogP contribution in [0.15, 0.2) is 59.3 Å². The zero-order chi connectivity index (χ0) is 18.8. The molecule has 1 aliphatic rings. The summed E-state index contributed by atoms with van der Waals surface area (Å²) in [4.78, 5) is 37.1. The number of rotatable bonds is 5. The van der Waals surface area contributed by atoms with Gasteiger partial charge >= 0.3 is 0 Å². The summed E-state index contributed by atoms with van der Waals surface area (Å²) in [7, 11) is 0. The number of anilines is 2. The first-order chi connectivity index (χ1) is 12.4. The van der Waals surface area contributed by atoms with Crippen LogP contribution in [-0.2, 0) is 16.0 Å². The van der Waals surface area contributed by atoms with E-state index in [0.717, 1.165) is 10.5 Å². The predicted molar refractivity (Wildman–Crippen MR) is 95.6 cm³/mol. The molecule has 6 nitrogen and oxygen atoms in total. The summed E-state index contributed by atoms with van der Waals surface area (Å²) in [6, 6.07) is 12.7. The number of hydrogen-bond acceptors (Lipinski definition) is 5. The minimum atomic E-state index is -1.30. The van der Waals surface area contributed by atoms with E-state index in [1.54, 1.807) is 12.1 Å². The number of carbonyl (C=O) groups is 3. The monoisotopic (exact) mass is 369 g/mol. The maximum Gasteiger partial charge on any atom is 0.283 e. The van der Waals surface area contributed by atoms with Crippen LogP contribution < -0.4 is 15.3 Å². The second kappa shape index (κ2) is 7.01. The van der Waals surface area contributed by atoms with E-state index >= 15 is 0 Å². The van der Waals surface area contributed by atoms with Crippen molar-refractivity contribution in [1.82, 2.24) is 0 Å². The first-order valence-corrected chi connectivity index (χ1v) is 8.26. The van der Waals surface area contributed by atoms with E-state index in [4.69, 9.17) is 11.6 Å². The molecule has 1 aliphatic heterocycles. The fourth-order valence-electron chi connectivity index (χ4n) is 2.69. The lowest BCUT2D eigenvalue weighted by molar-refractivity contribution is -0.255. The van der Waals surface area contributed by atoms with Gasteiger partial charge in [0.05, 0.1) is 11.7 Å². The fourth-order valence-corrected chi connectivity index (χ4v) is 2.90. The number of nitrogens with zero attached hydrogens (tertiary/aromatic N) is 1. The van der Waals surface area contributed by atoms with Gasteiger partial charge in [-0.25, -0.2) is 4.90 Å². The molecule has 26 heavy (non-hydrogen) atoms. The number of halogens is 1. The average Bonchev–Trinajstić information content (AvgIpc) is 2.85. The van der Waals surface area contributed by atoms with E-state index in [0.29, 0.717) is 17.8 Å². The van der Waals surface area contributed by atoms with Crippen molar-refractivity contribution in [1.29, 1.82) is 0 Å². The molecule has 2 aromatic carbocycles. The highest BCUT2D eigenvalue weighted by atomic mass is 35.5. The number of aryl methyl sites for hydroxylation is 1. The summed E-state index contributed by atoms with van der Waals surface area (Å²) in [6.07, 6.45) is 0.651. The number of imide groups is 1. The van der Waals surface area contributed by atoms with Gasteiger partial charge in [0.25, 0.3) is 11.8 Å². The molecule has 0 spiro atoms. The zero-order valence-corrected chi connectivity index (χ0v) is 14.5. The van der Waals surface area contributed by atoms with Crippen LogP contribution in [0.5, 0.6) is 0 Å². The van der Waals surface area contributed by atoms with Crippen LogP contribution in [0.3, 0.4) is 0 Å². The van der Waals surface area contributed by atoms with Crippen molar-refractivity contribution in [3.8, 4) is 0 Å². The summed E-state index contributed by atoms with van der Waals surface area (Å²) in [5.41, 5.74) is 1.71. The fraction of sp³-hybridized carbons (Fsp3) is 0.105. The van der Waals surface area contributed by atoms with Gasteiger partial charge in [-0.3, -0.25) is 9.59 Å². The molecule has 0 aromatic heterocycles. The van der Waals surface area contributed by atoms with Crippen LogP contribution in [0.4, 0.5) is 11.4 Å². The number of carboxylic acids is 1. The Hall–Kier alpha value is -3.12. The van der Waals surface area contributed by atoms with Gasteiger partial charge in [-0.2, -0.15) is 0 Å². The predicted octanol–water partition coefficient (Wildman–Crippen LogP) is 2.05. The van der Waals surface area contributed by atoms with Crippen LogP contribution in [0.25, 0.3) is 0 Å². The van der Waals surface area contributed by atoms with Crippen LogP contribution >= 0.6 is 11.6 Å². The quantitative estimate of drug-likeness (QED) is 0.815. The molecule has 0 saturated carbocycles. The Bertz CT molecular complexity index is 935. The van der Waals surface area contributed by atoms with Crippen LogP contribution in [0.1, 0.15) is 22.8 Å². The lowest BCUT2D eigenvalue weighted by atomic mass is 10.1. The minimum Gasteiger partial charge on any atom is -0.545 e. The number of nitrogens with one attached hydrogen (secondary N) is 1. The van der Waals surface area contributed by atoms with E-state index in [2.05, 4.69) is 5.32 Å². The van der Waals surface area contributed by atoms with E-state index < -0.39 is 17.8 Å². The Morgan fingerprint density at radius 1 is 1.08 bits per heavy atom. The SMILES string of the molecule is CCc1ccccc1N1C(=O)C(Cl)=C(Nc2ccc(C(=O)[O-])cc2)C1=O.